The van der Waals surface area contributed by atoms with E-state index in [1.165, 1.54) is 11.1 Å². The maximum atomic E-state index is 5.90. The lowest BCUT2D eigenvalue weighted by Gasteiger charge is -2.12. The number of pyridine rings is 1. The molecule has 0 radical (unpaired) electrons. The molecule has 1 aromatic carbocycles. The van der Waals surface area contributed by atoms with Crippen LogP contribution in [0.15, 0.2) is 36.7 Å². The fourth-order valence-electron chi connectivity index (χ4n) is 1.91. The predicted molar refractivity (Wildman–Crippen MR) is 82.9 cm³/mol. The Bertz CT molecular complexity index is 569. The zero-order valence-electron chi connectivity index (χ0n) is 12.0. The SMILES string of the molecule is CCCOc1cc(N)cc(NCc2cnccc2C)c1. The van der Waals surface area contributed by atoms with Crippen molar-refractivity contribution < 1.29 is 4.74 Å². The summed E-state index contributed by atoms with van der Waals surface area (Å²) in [7, 11) is 0. The standard InChI is InChI=1S/C16H21N3O/c1-3-6-20-16-8-14(17)7-15(9-16)19-11-13-10-18-5-4-12(13)2/h4-5,7-10,19H,3,6,11,17H2,1-2H3. The van der Waals surface area contributed by atoms with Crippen LogP contribution in [-0.2, 0) is 6.54 Å². The van der Waals surface area contributed by atoms with Gasteiger partial charge in [0.2, 0.25) is 0 Å². The topological polar surface area (TPSA) is 60.2 Å². The van der Waals surface area contributed by atoms with E-state index in [-0.39, 0.29) is 0 Å². The molecule has 1 heterocycles. The average Bonchev–Trinajstić information content (AvgIpc) is 2.44. The molecule has 2 aromatic rings. The van der Waals surface area contributed by atoms with Gasteiger partial charge in [0, 0.05) is 42.4 Å². The molecule has 0 fully saturated rings. The first-order valence-corrected chi connectivity index (χ1v) is 6.85. The van der Waals surface area contributed by atoms with Crippen LogP contribution in [0.1, 0.15) is 24.5 Å². The summed E-state index contributed by atoms with van der Waals surface area (Å²) in [5, 5.41) is 3.36. The molecule has 0 atom stereocenters. The van der Waals surface area contributed by atoms with Gasteiger partial charge in [-0.2, -0.15) is 0 Å². The summed E-state index contributed by atoms with van der Waals surface area (Å²) in [6.07, 6.45) is 4.66. The second-order valence-electron chi connectivity index (χ2n) is 4.79. The number of aromatic nitrogens is 1. The number of nitrogens with one attached hydrogen (secondary N) is 1. The van der Waals surface area contributed by atoms with Crippen LogP contribution in [0.4, 0.5) is 11.4 Å². The third kappa shape index (κ3) is 3.88. The number of benzene rings is 1. The van der Waals surface area contributed by atoms with Crippen LogP contribution in [-0.4, -0.2) is 11.6 Å². The van der Waals surface area contributed by atoms with Gasteiger partial charge in [-0.3, -0.25) is 4.98 Å². The van der Waals surface area contributed by atoms with Crippen molar-refractivity contribution in [1.29, 1.82) is 0 Å². The molecular formula is C16H21N3O. The minimum absolute atomic E-state index is 0.698. The molecule has 0 spiro atoms. The van der Waals surface area contributed by atoms with Crippen molar-refractivity contribution in [3.63, 3.8) is 0 Å². The quantitative estimate of drug-likeness (QED) is 0.791. The normalized spacial score (nSPS) is 10.3. The lowest BCUT2D eigenvalue weighted by molar-refractivity contribution is 0.318. The third-order valence-electron chi connectivity index (χ3n) is 3.03. The Morgan fingerprint density at radius 2 is 2.15 bits per heavy atom. The average molecular weight is 271 g/mol. The lowest BCUT2D eigenvalue weighted by atomic mass is 10.1. The Balaban J connectivity index is 2.05. The molecule has 0 unspecified atom stereocenters. The van der Waals surface area contributed by atoms with Gasteiger partial charge in [-0.15, -0.1) is 0 Å². The number of hydrogen-bond donors (Lipinski definition) is 2. The van der Waals surface area contributed by atoms with Gasteiger partial charge in [-0.05, 0) is 36.6 Å². The molecule has 20 heavy (non-hydrogen) atoms. The highest BCUT2D eigenvalue weighted by Crippen LogP contribution is 2.23. The van der Waals surface area contributed by atoms with Crippen molar-refractivity contribution in [2.75, 3.05) is 17.7 Å². The van der Waals surface area contributed by atoms with Gasteiger partial charge in [0.25, 0.3) is 0 Å². The fraction of sp³-hybridized carbons (Fsp3) is 0.312. The van der Waals surface area contributed by atoms with E-state index >= 15 is 0 Å². The van der Waals surface area contributed by atoms with E-state index in [9.17, 15) is 0 Å². The molecule has 0 aliphatic heterocycles. The summed E-state index contributed by atoms with van der Waals surface area (Å²) >= 11 is 0. The second-order valence-corrected chi connectivity index (χ2v) is 4.79. The smallest absolute Gasteiger partial charge is 0.123 e. The molecule has 3 N–H and O–H groups in total. The molecule has 0 amide bonds. The third-order valence-corrected chi connectivity index (χ3v) is 3.03. The first-order valence-electron chi connectivity index (χ1n) is 6.85. The molecule has 0 saturated carbocycles. The Morgan fingerprint density at radius 1 is 1.30 bits per heavy atom. The monoisotopic (exact) mass is 271 g/mol. The number of anilines is 2. The molecule has 1 aromatic heterocycles. The molecule has 0 bridgehead atoms. The summed E-state index contributed by atoms with van der Waals surface area (Å²) in [6, 6.07) is 7.73. The van der Waals surface area contributed by atoms with E-state index < -0.39 is 0 Å². The predicted octanol–water partition coefficient (Wildman–Crippen LogP) is 3.37. The van der Waals surface area contributed by atoms with Gasteiger partial charge in [0.05, 0.1) is 6.61 Å². The summed E-state index contributed by atoms with van der Waals surface area (Å²) in [5.74, 6) is 0.803. The van der Waals surface area contributed by atoms with E-state index in [1.807, 2.05) is 30.5 Å². The summed E-state index contributed by atoms with van der Waals surface area (Å²) in [4.78, 5) is 4.14. The first-order chi connectivity index (χ1) is 9.69. The van der Waals surface area contributed by atoms with E-state index in [1.54, 1.807) is 6.20 Å². The van der Waals surface area contributed by atoms with Crippen LogP contribution < -0.4 is 15.8 Å². The molecule has 106 valence electrons. The molecule has 0 aliphatic rings. The molecule has 2 rings (SSSR count). The summed E-state index contributed by atoms with van der Waals surface area (Å²) in [6.45, 7) is 5.57. The number of hydrogen-bond acceptors (Lipinski definition) is 4. The van der Waals surface area contributed by atoms with E-state index in [2.05, 4.69) is 24.1 Å². The van der Waals surface area contributed by atoms with Gasteiger partial charge in [0.15, 0.2) is 0 Å². The van der Waals surface area contributed by atoms with Gasteiger partial charge in [-0.1, -0.05) is 6.92 Å². The number of aryl methyl sites for hydroxylation is 1. The molecular weight excluding hydrogens is 250 g/mol. The Kier molecular flexibility index (Phi) is 4.82. The summed E-state index contributed by atoms with van der Waals surface area (Å²) in [5.41, 5.74) is 9.95. The zero-order valence-corrected chi connectivity index (χ0v) is 12.0. The van der Waals surface area contributed by atoms with Crippen molar-refractivity contribution in [3.8, 4) is 5.75 Å². The van der Waals surface area contributed by atoms with Gasteiger partial charge >= 0.3 is 0 Å². The minimum atomic E-state index is 0.698. The van der Waals surface area contributed by atoms with Crippen LogP contribution in [0, 0.1) is 6.92 Å². The highest BCUT2D eigenvalue weighted by molar-refractivity contribution is 5.59. The Morgan fingerprint density at radius 3 is 2.90 bits per heavy atom. The number of ether oxygens (including phenoxy) is 1. The number of rotatable bonds is 6. The number of nitrogens with zero attached hydrogens (tertiary/aromatic N) is 1. The van der Waals surface area contributed by atoms with Crippen molar-refractivity contribution in [3.05, 3.63) is 47.8 Å². The molecule has 0 aliphatic carbocycles. The first kappa shape index (κ1) is 14.2. The number of nitrogens with two attached hydrogens (primary N) is 1. The van der Waals surface area contributed by atoms with Crippen LogP contribution in [0.2, 0.25) is 0 Å². The number of nitrogen functional groups attached to an aromatic ring is 1. The van der Waals surface area contributed by atoms with Crippen molar-refractivity contribution in [2.45, 2.75) is 26.8 Å². The highest BCUT2D eigenvalue weighted by atomic mass is 16.5. The zero-order chi connectivity index (χ0) is 14.4. The molecule has 4 heteroatoms. The Hall–Kier alpha value is -2.23. The van der Waals surface area contributed by atoms with E-state index in [0.29, 0.717) is 12.3 Å². The van der Waals surface area contributed by atoms with E-state index in [0.717, 1.165) is 24.4 Å². The maximum absolute atomic E-state index is 5.90. The van der Waals surface area contributed by atoms with Crippen LogP contribution in [0.25, 0.3) is 0 Å². The highest BCUT2D eigenvalue weighted by Gasteiger charge is 2.02. The summed E-state index contributed by atoms with van der Waals surface area (Å²) < 4.78 is 5.62. The van der Waals surface area contributed by atoms with Gasteiger partial charge in [-0.25, -0.2) is 0 Å². The second kappa shape index (κ2) is 6.80. The Labute approximate surface area is 120 Å². The fourth-order valence-corrected chi connectivity index (χ4v) is 1.91. The van der Waals surface area contributed by atoms with Crippen molar-refractivity contribution >= 4 is 11.4 Å². The van der Waals surface area contributed by atoms with E-state index in [4.69, 9.17) is 10.5 Å². The van der Waals surface area contributed by atoms with Crippen LogP contribution in [0.3, 0.4) is 0 Å². The minimum Gasteiger partial charge on any atom is -0.493 e. The van der Waals surface area contributed by atoms with Crippen molar-refractivity contribution in [2.24, 2.45) is 0 Å². The van der Waals surface area contributed by atoms with Crippen molar-refractivity contribution in [1.82, 2.24) is 4.98 Å². The van der Waals surface area contributed by atoms with Gasteiger partial charge < -0.3 is 15.8 Å². The maximum Gasteiger partial charge on any atom is 0.123 e. The largest absolute Gasteiger partial charge is 0.493 e. The molecule has 0 saturated heterocycles. The van der Waals surface area contributed by atoms with Crippen LogP contribution >= 0.6 is 0 Å². The van der Waals surface area contributed by atoms with Gasteiger partial charge in [0.1, 0.15) is 5.75 Å². The molecule has 4 nitrogen and oxygen atoms in total. The van der Waals surface area contributed by atoms with Crippen LogP contribution in [0.5, 0.6) is 5.75 Å². The lowest BCUT2D eigenvalue weighted by Crippen LogP contribution is -2.03.